The van der Waals surface area contributed by atoms with Gasteiger partial charge in [-0.25, -0.2) is 0 Å². The first-order valence-electron chi connectivity index (χ1n) is 24.9. The third-order valence-corrected chi connectivity index (χ3v) is 16.0. The molecule has 0 bridgehead atoms. The molecule has 0 saturated heterocycles. The Kier molecular flexibility index (Phi) is 7.66. The molecule has 4 aliphatic heterocycles. The van der Waals surface area contributed by atoms with Gasteiger partial charge < -0.3 is 22.9 Å². The standard InChI is InChI=1S/C62H43B2NO4/c1-3-5-15-34-25-27-40-42-31-46-56-52(61(42)66-48(40)29-34)53-57-47(32-43-41-28-26-35(16-6-4-2)30-49(41)67-62(43)53)64-45-24-14-22-39(37-19-11-8-12-20-37)60(45)69-51-33-50-54(58(55(51)64)65(56)57)63(46)44-23-13-21-38(59(44)68-50)36-17-9-7-10-18-36/h7-14,17-33H,3-6,15-16H2,1-2H3. The van der Waals surface area contributed by atoms with E-state index in [0.717, 1.165) is 166 Å². The maximum absolute atomic E-state index is 7.40. The summed E-state index contributed by atoms with van der Waals surface area (Å²) in [6.07, 6.45) is 6.62. The second kappa shape index (κ2) is 13.9. The number of aryl methyl sites for hydroxylation is 2. The van der Waals surface area contributed by atoms with Crippen LogP contribution in [0.5, 0.6) is 23.0 Å². The molecule has 0 atom stereocenters. The summed E-state index contributed by atoms with van der Waals surface area (Å²) in [6.45, 7) is 4.23. The number of para-hydroxylation sites is 2. The molecule has 7 heteroatoms. The van der Waals surface area contributed by atoms with E-state index >= 15 is 0 Å². The quantitative estimate of drug-likeness (QED) is 0.143. The van der Waals surface area contributed by atoms with Gasteiger partial charge in [0.2, 0.25) is 0 Å². The van der Waals surface area contributed by atoms with Crippen molar-refractivity contribution in [2.75, 3.05) is 0 Å². The summed E-state index contributed by atoms with van der Waals surface area (Å²) in [5.41, 5.74) is 21.3. The SMILES string of the molecule is CCCCc1ccc2c(c1)oc1c2cc2c3c1c1c4oc5cc(CCCC)ccc5c4cc4c1n3-c1c3c(cc5c1B4c1cccc(-c4ccccc4)c1O5)Oc1c(cccc1-c1ccccc1)B32. The Labute approximate surface area is 399 Å². The van der Waals surface area contributed by atoms with E-state index in [4.69, 9.17) is 18.3 Å². The molecule has 0 fully saturated rings. The van der Waals surface area contributed by atoms with Crippen molar-refractivity contribution >= 4 is 112 Å². The Bertz CT molecular complexity index is 3970. The van der Waals surface area contributed by atoms with Crippen LogP contribution in [0.4, 0.5) is 0 Å². The maximum Gasteiger partial charge on any atom is 0.256 e. The van der Waals surface area contributed by atoms with Gasteiger partial charge in [-0.2, -0.15) is 0 Å². The molecular weight excluding hydrogens is 844 g/mol. The van der Waals surface area contributed by atoms with Gasteiger partial charge in [0, 0.05) is 44.4 Å². The molecule has 9 aromatic carbocycles. The van der Waals surface area contributed by atoms with Gasteiger partial charge in [0.15, 0.2) is 0 Å². The largest absolute Gasteiger partial charge is 0.458 e. The second-order valence-corrected chi connectivity index (χ2v) is 19.8. The number of fused-ring (bicyclic) bond motifs is 15. The minimum Gasteiger partial charge on any atom is -0.458 e. The molecule has 0 radical (unpaired) electrons. The number of benzene rings is 9. The van der Waals surface area contributed by atoms with E-state index in [0.29, 0.717) is 0 Å². The number of unbranched alkanes of at least 4 members (excludes halogenated alkanes) is 2. The van der Waals surface area contributed by atoms with Crippen molar-refractivity contribution in [1.29, 1.82) is 0 Å². The highest BCUT2D eigenvalue weighted by molar-refractivity contribution is 7.03. The number of nitrogens with zero attached hydrogens (tertiary/aromatic N) is 1. The third kappa shape index (κ3) is 4.97. The molecule has 0 unspecified atom stereocenters. The summed E-state index contributed by atoms with van der Waals surface area (Å²) in [7, 11) is 0. The zero-order chi connectivity index (χ0) is 45.2. The first-order chi connectivity index (χ1) is 34.1. The average molecular weight is 888 g/mol. The Morgan fingerprint density at radius 2 is 0.928 bits per heavy atom. The number of hydrogen-bond acceptors (Lipinski definition) is 4. The van der Waals surface area contributed by atoms with Crippen LogP contribution in [0.2, 0.25) is 0 Å². The smallest absolute Gasteiger partial charge is 0.256 e. The van der Waals surface area contributed by atoms with E-state index in [9.17, 15) is 0 Å². The van der Waals surface area contributed by atoms with Crippen LogP contribution in [0, 0.1) is 0 Å². The molecule has 0 aliphatic carbocycles. The highest BCUT2D eigenvalue weighted by atomic mass is 16.5. The first kappa shape index (κ1) is 38.1. The molecular formula is C62H43B2NO4. The summed E-state index contributed by atoms with van der Waals surface area (Å²) in [5, 5.41) is 6.74. The van der Waals surface area contributed by atoms with E-state index in [-0.39, 0.29) is 13.4 Å². The van der Waals surface area contributed by atoms with Crippen molar-refractivity contribution in [3.8, 4) is 50.9 Å². The molecule has 12 aromatic rings. The van der Waals surface area contributed by atoms with E-state index in [2.05, 4.69) is 170 Å². The van der Waals surface area contributed by atoms with Gasteiger partial charge in [0.25, 0.3) is 13.4 Å². The van der Waals surface area contributed by atoms with E-state index in [1.807, 2.05) is 0 Å². The molecule has 326 valence electrons. The second-order valence-electron chi connectivity index (χ2n) is 19.8. The van der Waals surface area contributed by atoms with Gasteiger partial charge in [0.05, 0.1) is 21.8 Å². The molecule has 0 spiro atoms. The van der Waals surface area contributed by atoms with Crippen LogP contribution in [-0.4, -0.2) is 18.0 Å². The zero-order valence-electron chi connectivity index (χ0n) is 38.4. The first-order valence-corrected chi connectivity index (χ1v) is 24.9. The van der Waals surface area contributed by atoms with Crippen LogP contribution < -0.4 is 42.3 Å². The molecule has 4 aliphatic rings. The predicted octanol–water partition coefficient (Wildman–Crippen LogP) is 12.5. The van der Waals surface area contributed by atoms with Gasteiger partial charge in [-0.15, -0.1) is 0 Å². The fourth-order valence-electron chi connectivity index (χ4n) is 13.0. The number of rotatable bonds is 8. The van der Waals surface area contributed by atoms with Gasteiger partial charge in [-0.05, 0) is 92.8 Å². The van der Waals surface area contributed by atoms with E-state index in [1.54, 1.807) is 0 Å². The lowest BCUT2D eigenvalue weighted by molar-refractivity contribution is 0.467. The predicted molar refractivity (Wildman–Crippen MR) is 286 cm³/mol. The normalized spacial score (nSPS) is 13.6. The Hall–Kier alpha value is -7.89. The topological polar surface area (TPSA) is 49.7 Å². The lowest BCUT2D eigenvalue weighted by Gasteiger charge is -2.41. The summed E-state index contributed by atoms with van der Waals surface area (Å²) in [6, 6.07) is 55.7. The number of ether oxygens (including phenoxy) is 2. The minimum atomic E-state index is -0.142. The Balaban J connectivity index is 1.11. The van der Waals surface area contributed by atoms with Gasteiger partial charge in [0.1, 0.15) is 45.3 Å². The summed E-state index contributed by atoms with van der Waals surface area (Å²) >= 11 is 0. The average Bonchev–Trinajstić information content (AvgIpc) is 4.07. The molecule has 5 nitrogen and oxygen atoms in total. The summed E-state index contributed by atoms with van der Waals surface area (Å²) in [5.74, 6) is 3.43. The fraction of sp³-hybridized carbons (Fsp3) is 0.129. The molecule has 0 N–H and O–H groups in total. The third-order valence-electron chi connectivity index (χ3n) is 16.0. The molecule has 16 rings (SSSR count). The zero-order valence-corrected chi connectivity index (χ0v) is 38.4. The maximum atomic E-state index is 7.40. The van der Waals surface area contributed by atoms with Crippen LogP contribution >= 0.6 is 0 Å². The molecule has 0 amide bonds. The van der Waals surface area contributed by atoms with E-state index in [1.165, 1.54) is 33.0 Å². The highest BCUT2D eigenvalue weighted by Crippen LogP contribution is 2.50. The summed E-state index contributed by atoms with van der Waals surface area (Å²) in [4.78, 5) is 0. The molecule has 69 heavy (non-hydrogen) atoms. The van der Waals surface area contributed by atoms with Crippen LogP contribution in [0.3, 0.4) is 0 Å². The van der Waals surface area contributed by atoms with Crippen molar-refractivity contribution in [2.24, 2.45) is 0 Å². The lowest BCUT2D eigenvalue weighted by atomic mass is 9.30. The van der Waals surface area contributed by atoms with Crippen molar-refractivity contribution in [2.45, 2.75) is 52.4 Å². The van der Waals surface area contributed by atoms with Crippen molar-refractivity contribution in [3.63, 3.8) is 0 Å². The van der Waals surface area contributed by atoms with Gasteiger partial charge >= 0.3 is 0 Å². The molecule has 0 saturated carbocycles. The van der Waals surface area contributed by atoms with E-state index < -0.39 is 0 Å². The number of aromatic nitrogens is 1. The summed E-state index contributed by atoms with van der Waals surface area (Å²) < 4.78 is 32.0. The lowest BCUT2D eigenvalue weighted by Crippen LogP contribution is -2.65. The van der Waals surface area contributed by atoms with Gasteiger partial charge in [-0.3, -0.25) is 0 Å². The molecule has 7 heterocycles. The van der Waals surface area contributed by atoms with Crippen LogP contribution in [0.1, 0.15) is 50.7 Å². The molecule has 3 aromatic heterocycles. The van der Waals surface area contributed by atoms with Gasteiger partial charge in [-0.1, -0.05) is 160 Å². The van der Waals surface area contributed by atoms with Crippen molar-refractivity contribution in [3.05, 3.63) is 163 Å². The van der Waals surface area contributed by atoms with Crippen LogP contribution in [-0.2, 0) is 12.8 Å². The van der Waals surface area contributed by atoms with Crippen molar-refractivity contribution in [1.82, 2.24) is 4.57 Å². The highest BCUT2D eigenvalue weighted by Gasteiger charge is 2.50. The van der Waals surface area contributed by atoms with Crippen LogP contribution in [0.25, 0.3) is 93.6 Å². The van der Waals surface area contributed by atoms with Crippen molar-refractivity contribution < 1.29 is 18.3 Å². The number of hydrogen-bond donors (Lipinski definition) is 0. The Morgan fingerprint density at radius 1 is 0.449 bits per heavy atom. The Morgan fingerprint density at radius 3 is 1.39 bits per heavy atom. The number of furan rings is 2. The minimum absolute atomic E-state index is 0.142. The fourth-order valence-corrected chi connectivity index (χ4v) is 13.0. The van der Waals surface area contributed by atoms with Crippen LogP contribution in [0.15, 0.2) is 160 Å². The monoisotopic (exact) mass is 887 g/mol.